The van der Waals surface area contributed by atoms with Crippen LogP contribution in [0.2, 0.25) is 0 Å². The average Bonchev–Trinajstić information content (AvgIpc) is 3.17. The molecule has 0 aromatic heterocycles. The number of carboxylic acid groups (broad SMARTS) is 1. The first-order valence-corrected chi connectivity index (χ1v) is 17.7. The highest BCUT2D eigenvalue weighted by Crippen LogP contribution is 2.24. The van der Waals surface area contributed by atoms with Crippen molar-refractivity contribution in [3.8, 4) is 5.75 Å². The zero-order valence-electron chi connectivity index (χ0n) is 28.4. The number of nitrogens with one attached hydrogen (secondary N) is 2. The number of amides is 1. The Kier molecular flexibility index (Phi) is 12.4. The van der Waals surface area contributed by atoms with Gasteiger partial charge in [-0.1, -0.05) is 97.1 Å². The highest BCUT2D eigenvalue weighted by atomic mass is 32.2. The molecule has 6 aromatic rings. The quantitative estimate of drug-likeness (QED) is 0.0570. The normalized spacial score (nSPS) is 11.4. The molecule has 10 nitrogen and oxygen atoms in total. The molecule has 0 bridgehead atoms. The summed E-state index contributed by atoms with van der Waals surface area (Å²) >= 11 is -1.96. The van der Waals surface area contributed by atoms with Crippen LogP contribution in [0.15, 0.2) is 150 Å². The molecule has 6 rings (SSSR count). The zero-order valence-corrected chi connectivity index (χ0v) is 29.3. The monoisotopic (exact) mass is 728 g/mol. The zero-order chi connectivity index (χ0) is 37.0. The van der Waals surface area contributed by atoms with E-state index in [0.717, 1.165) is 34.2 Å². The first-order valence-electron chi connectivity index (χ1n) is 16.6. The molecule has 4 N–H and O–H groups in total. The Morgan fingerprint density at radius 1 is 0.604 bits per heavy atom. The highest BCUT2D eigenvalue weighted by Gasteiger charge is 2.18. The van der Waals surface area contributed by atoms with Crippen LogP contribution in [0.5, 0.6) is 5.75 Å². The molecule has 6 aromatic carbocycles. The molecule has 0 radical (unpaired) electrons. The van der Waals surface area contributed by atoms with E-state index in [1.54, 1.807) is 48.5 Å². The Balaban J connectivity index is 1.05. The van der Waals surface area contributed by atoms with Gasteiger partial charge in [0.15, 0.2) is 0 Å². The molecule has 0 saturated carbocycles. The van der Waals surface area contributed by atoms with Crippen molar-refractivity contribution in [3.05, 3.63) is 190 Å². The number of carbonyl (C=O) groups is 2. The molecule has 1 amide bonds. The van der Waals surface area contributed by atoms with Crippen LogP contribution in [0.25, 0.3) is 0 Å². The van der Waals surface area contributed by atoms with Gasteiger partial charge in [-0.05, 0) is 88.7 Å². The third-order valence-electron chi connectivity index (χ3n) is 8.26. The molecular formula is C42H36N2O8S. The maximum atomic E-state index is 13.2. The van der Waals surface area contributed by atoms with Gasteiger partial charge in [0.1, 0.15) is 12.4 Å². The first-order chi connectivity index (χ1) is 25.8. The van der Waals surface area contributed by atoms with Gasteiger partial charge in [-0.2, -0.15) is 0 Å². The van der Waals surface area contributed by atoms with Gasteiger partial charge >= 0.3 is 5.97 Å². The van der Waals surface area contributed by atoms with Crippen molar-refractivity contribution < 1.29 is 38.1 Å². The largest absolute Gasteiger partial charge is 0.478 e. The summed E-state index contributed by atoms with van der Waals surface area (Å²) in [5.41, 5.74) is 9.25. The molecule has 0 aliphatic carbocycles. The van der Waals surface area contributed by atoms with Crippen LogP contribution in [-0.4, -0.2) is 26.4 Å². The van der Waals surface area contributed by atoms with Crippen LogP contribution in [0, 0.1) is 0 Å². The molecule has 0 aliphatic heterocycles. The van der Waals surface area contributed by atoms with E-state index in [1.807, 2.05) is 66.7 Å². The van der Waals surface area contributed by atoms with Gasteiger partial charge in [0.05, 0.1) is 28.3 Å². The van der Waals surface area contributed by atoms with E-state index in [2.05, 4.69) is 27.8 Å². The summed E-state index contributed by atoms with van der Waals surface area (Å²) in [6.07, 6.45) is 1.26. The van der Waals surface area contributed by atoms with Crippen molar-refractivity contribution >= 4 is 34.3 Å². The lowest BCUT2D eigenvalue weighted by molar-refractivity contribution is -0.253. The number of rotatable bonds is 16. The van der Waals surface area contributed by atoms with E-state index in [4.69, 9.17) is 14.3 Å². The summed E-state index contributed by atoms with van der Waals surface area (Å²) in [4.78, 5) is 35.8. The summed E-state index contributed by atoms with van der Waals surface area (Å²) in [6, 6.07) is 43.4. The Morgan fingerprint density at radius 3 is 1.96 bits per heavy atom. The smallest absolute Gasteiger partial charge is 0.336 e. The fraction of sp³-hybridized carbons (Fsp3) is 0.0952. The van der Waals surface area contributed by atoms with Crippen molar-refractivity contribution in [1.82, 2.24) is 0 Å². The third-order valence-corrected chi connectivity index (χ3v) is 9.24. The van der Waals surface area contributed by atoms with Crippen molar-refractivity contribution in [1.29, 1.82) is 0 Å². The fourth-order valence-corrected chi connectivity index (χ4v) is 6.48. The van der Waals surface area contributed by atoms with Crippen LogP contribution in [0.1, 0.15) is 54.1 Å². The van der Waals surface area contributed by atoms with Crippen LogP contribution < -0.4 is 15.0 Å². The second-order valence-electron chi connectivity index (χ2n) is 12.1. The molecule has 0 aliphatic rings. The number of carboxylic acids is 1. The van der Waals surface area contributed by atoms with Crippen molar-refractivity contribution in [3.63, 3.8) is 0 Å². The minimum atomic E-state index is -1.96. The summed E-state index contributed by atoms with van der Waals surface area (Å²) in [5.74, 6) is -1.53. The van der Waals surface area contributed by atoms with Crippen molar-refractivity contribution in [2.45, 2.75) is 31.0 Å². The van der Waals surface area contributed by atoms with E-state index < -0.39 is 23.0 Å². The Morgan fingerprint density at radius 2 is 1.26 bits per heavy atom. The van der Waals surface area contributed by atoms with Crippen LogP contribution >= 0.6 is 0 Å². The third kappa shape index (κ3) is 10.2. The molecule has 1 unspecified atom stereocenters. The SMILES string of the molecule is O=C(O)c1cc(Cc2ccccc2)ccc1C(=O)Nc1cccc(S(=O)Oc2cccc(NOCc3ccc(Cc4ccccc4)cc3COO)c2)c1. The standard InChI is InChI=1S/C42H36N2O8S/c45-41(39-20-18-32(24-40(39)42(46)47)22-30-11-5-2-6-12-30)43-35-13-8-16-38(26-35)53(49)52-37-15-7-14-36(25-37)44-50-27-33-19-17-31(23-34(33)28-51-48)21-29-9-3-1-4-10-29/h1-20,23-26,44,48H,21-22,27-28H2,(H,43,45)(H,46,47). The molecule has 0 saturated heterocycles. The minimum Gasteiger partial charge on any atom is -0.478 e. The maximum absolute atomic E-state index is 13.2. The lowest BCUT2D eigenvalue weighted by Gasteiger charge is -2.13. The van der Waals surface area contributed by atoms with Crippen molar-refractivity contribution in [2.24, 2.45) is 0 Å². The molecule has 53 heavy (non-hydrogen) atoms. The van der Waals surface area contributed by atoms with E-state index in [-0.39, 0.29) is 29.2 Å². The molecule has 0 heterocycles. The van der Waals surface area contributed by atoms with E-state index in [1.165, 1.54) is 23.8 Å². The summed E-state index contributed by atoms with van der Waals surface area (Å²) < 4.78 is 18.9. The van der Waals surface area contributed by atoms with Crippen LogP contribution in [-0.2, 0) is 46.9 Å². The average molecular weight is 729 g/mol. The lowest BCUT2D eigenvalue weighted by atomic mass is 9.98. The van der Waals surface area contributed by atoms with Crippen molar-refractivity contribution in [2.75, 3.05) is 10.8 Å². The molecular weight excluding hydrogens is 693 g/mol. The van der Waals surface area contributed by atoms with E-state index >= 15 is 0 Å². The summed E-state index contributed by atoms with van der Waals surface area (Å²) in [6.45, 7) is 0.179. The number of anilines is 2. The number of carbonyl (C=O) groups excluding carboxylic acids is 1. The number of hydrogen-bond donors (Lipinski definition) is 4. The Labute approximate surface area is 309 Å². The van der Waals surface area contributed by atoms with Gasteiger partial charge in [0, 0.05) is 11.8 Å². The van der Waals surface area contributed by atoms with Gasteiger partial charge in [0.2, 0.25) is 11.1 Å². The van der Waals surface area contributed by atoms with Crippen LogP contribution in [0.3, 0.4) is 0 Å². The van der Waals surface area contributed by atoms with Gasteiger partial charge in [0.25, 0.3) is 5.91 Å². The second-order valence-corrected chi connectivity index (χ2v) is 13.2. The number of benzene rings is 6. The highest BCUT2D eigenvalue weighted by molar-refractivity contribution is 7.80. The maximum Gasteiger partial charge on any atom is 0.336 e. The van der Waals surface area contributed by atoms with Gasteiger partial charge in [-0.25, -0.2) is 13.9 Å². The first kappa shape index (κ1) is 36.7. The van der Waals surface area contributed by atoms with Gasteiger partial charge in [-0.3, -0.25) is 20.4 Å². The minimum absolute atomic E-state index is 0.00153. The van der Waals surface area contributed by atoms with E-state index in [0.29, 0.717) is 23.5 Å². The molecule has 11 heteroatoms. The molecule has 268 valence electrons. The van der Waals surface area contributed by atoms with Crippen LogP contribution in [0.4, 0.5) is 11.4 Å². The second kappa shape index (κ2) is 17.9. The molecule has 1 atom stereocenters. The summed E-state index contributed by atoms with van der Waals surface area (Å²) in [5, 5.41) is 21.7. The Hall–Kier alpha value is -6.11. The van der Waals surface area contributed by atoms with Gasteiger partial charge in [-0.15, -0.1) is 0 Å². The molecule has 0 spiro atoms. The predicted molar refractivity (Wildman–Crippen MR) is 202 cm³/mol. The number of hydrogen-bond acceptors (Lipinski definition) is 8. The lowest BCUT2D eigenvalue weighted by Crippen LogP contribution is -2.17. The van der Waals surface area contributed by atoms with E-state index in [9.17, 15) is 18.9 Å². The number of aromatic carboxylic acids is 1. The Bertz CT molecular complexity index is 2210. The summed E-state index contributed by atoms with van der Waals surface area (Å²) in [7, 11) is 0. The fourth-order valence-electron chi connectivity index (χ4n) is 5.69. The molecule has 0 fully saturated rings. The van der Waals surface area contributed by atoms with Gasteiger partial charge < -0.3 is 14.6 Å². The topological polar surface area (TPSA) is 143 Å². The predicted octanol–water partition coefficient (Wildman–Crippen LogP) is 8.45.